The van der Waals surface area contributed by atoms with Crippen molar-refractivity contribution in [3.8, 4) is 0 Å². The molecule has 3 aromatic rings. The summed E-state index contributed by atoms with van der Waals surface area (Å²) in [6.07, 6.45) is 2.99. The molecule has 0 aliphatic carbocycles. The minimum Gasteiger partial charge on any atom is -0.478 e. The molecule has 0 unspecified atom stereocenters. The maximum atomic E-state index is 10.8. The first-order valence-corrected chi connectivity index (χ1v) is 6.12. The summed E-state index contributed by atoms with van der Waals surface area (Å²) in [5.74, 6) is -0.419. The number of pyridine rings is 1. The Hall–Kier alpha value is -2.82. The summed E-state index contributed by atoms with van der Waals surface area (Å²) in [7, 11) is 0. The van der Waals surface area contributed by atoms with Gasteiger partial charge in [-0.2, -0.15) is 0 Å². The first-order chi connectivity index (χ1) is 9.74. The Balaban J connectivity index is 1.81. The molecule has 1 aromatic carbocycles. The molecule has 2 heterocycles. The van der Waals surface area contributed by atoms with Gasteiger partial charge in [-0.15, -0.1) is 0 Å². The van der Waals surface area contributed by atoms with Crippen molar-refractivity contribution in [3.05, 3.63) is 60.2 Å². The van der Waals surface area contributed by atoms with Crippen molar-refractivity contribution >= 4 is 22.6 Å². The maximum Gasteiger partial charge on any atom is 0.338 e. The quantitative estimate of drug-likeness (QED) is 0.760. The van der Waals surface area contributed by atoms with E-state index >= 15 is 0 Å². The molecule has 20 heavy (non-hydrogen) atoms. The van der Waals surface area contributed by atoms with Gasteiger partial charge >= 0.3 is 5.97 Å². The van der Waals surface area contributed by atoms with Gasteiger partial charge in [-0.25, -0.2) is 4.79 Å². The van der Waals surface area contributed by atoms with Gasteiger partial charge in [0.1, 0.15) is 12.0 Å². The molecule has 3 rings (SSSR count). The van der Waals surface area contributed by atoms with Gasteiger partial charge in [0.25, 0.3) is 0 Å². The summed E-state index contributed by atoms with van der Waals surface area (Å²) in [6, 6.07) is 11.2. The molecule has 0 spiro atoms. The number of hydrogen-bond acceptors (Lipinski definition) is 4. The third-order valence-corrected chi connectivity index (χ3v) is 3.00. The minimum atomic E-state index is -0.991. The fourth-order valence-electron chi connectivity index (χ4n) is 2.03. The number of anilines is 1. The number of hydrogen-bond donors (Lipinski definition) is 2. The Morgan fingerprint density at radius 1 is 1.30 bits per heavy atom. The SMILES string of the molecule is O=C(O)c1coc(CNc2cccc3ncccc23)c1. The fourth-order valence-corrected chi connectivity index (χ4v) is 2.03. The second kappa shape index (κ2) is 5.05. The minimum absolute atomic E-state index is 0.154. The third-order valence-electron chi connectivity index (χ3n) is 3.00. The van der Waals surface area contributed by atoms with E-state index in [1.54, 1.807) is 6.20 Å². The van der Waals surface area contributed by atoms with E-state index in [2.05, 4.69) is 10.3 Å². The number of aromatic carboxylic acids is 1. The van der Waals surface area contributed by atoms with Crippen molar-refractivity contribution in [1.29, 1.82) is 0 Å². The highest BCUT2D eigenvalue weighted by atomic mass is 16.4. The molecule has 100 valence electrons. The molecule has 5 nitrogen and oxygen atoms in total. The number of nitrogens with one attached hydrogen (secondary N) is 1. The number of carboxylic acids is 1. The second-order valence-corrected chi connectivity index (χ2v) is 4.34. The van der Waals surface area contributed by atoms with E-state index in [-0.39, 0.29) is 5.56 Å². The lowest BCUT2D eigenvalue weighted by molar-refractivity contribution is 0.0696. The van der Waals surface area contributed by atoms with E-state index in [0.717, 1.165) is 16.6 Å². The van der Waals surface area contributed by atoms with E-state index in [1.165, 1.54) is 12.3 Å². The van der Waals surface area contributed by atoms with Crippen LogP contribution in [0.4, 0.5) is 5.69 Å². The number of benzene rings is 1. The van der Waals surface area contributed by atoms with Crippen LogP contribution in [0, 0.1) is 0 Å². The normalized spacial score (nSPS) is 10.6. The summed E-state index contributed by atoms with van der Waals surface area (Å²) in [4.78, 5) is 15.1. The van der Waals surface area contributed by atoms with E-state index < -0.39 is 5.97 Å². The van der Waals surface area contributed by atoms with Gasteiger partial charge in [0.15, 0.2) is 0 Å². The molecule has 5 heteroatoms. The van der Waals surface area contributed by atoms with Crippen LogP contribution in [0.3, 0.4) is 0 Å². The lowest BCUT2D eigenvalue weighted by atomic mass is 10.2. The number of carboxylic acid groups (broad SMARTS) is 1. The Kier molecular flexibility index (Phi) is 3.09. The highest BCUT2D eigenvalue weighted by molar-refractivity contribution is 5.91. The molecule has 0 radical (unpaired) electrons. The van der Waals surface area contributed by atoms with Crippen molar-refractivity contribution in [1.82, 2.24) is 4.98 Å². The second-order valence-electron chi connectivity index (χ2n) is 4.34. The number of carbonyl (C=O) groups is 1. The molecule has 2 N–H and O–H groups in total. The van der Waals surface area contributed by atoms with Gasteiger partial charge in [-0.05, 0) is 30.3 Å². The standard InChI is InChI=1S/C15H12N2O3/c18-15(19)10-7-11(20-9-10)8-17-14-5-1-4-13-12(14)3-2-6-16-13/h1-7,9,17H,8H2,(H,18,19). The molecule has 0 aliphatic rings. The summed E-state index contributed by atoms with van der Waals surface area (Å²) in [5, 5.41) is 13.1. The first kappa shape index (κ1) is 12.2. The van der Waals surface area contributed by atoms with Gasteiger partial charge in [-0.1, -0.05) is 6.07 Å². The third kappa shape index (κ3) is 2.33. The summed E-state index contributed by atoms with van der Waals surface area (Å²) in [5.41, 5.74) is 1.99. The summed E-state index contributed by atoms with van der Waals surface area (Å²) < 4.78 is 5.20. The van der Waals surface area contributed by atoms with Crippen LogP contribution in [0.1, 0.15) is 16.1 Å². The van der Waals surface area contributed by atoms with E-state index in [1.807, 2.05) is 30.3 Å². The zero-order valence-corrected chi connectivity index (χ0v) is 10.5. The number of nitrogens with zero attached hydrogens (tertiary/aromatic N) is 1. The number of fused-ring (bicyclic) bond motifs is 1. The van der Waals surface area contributed by atoms with Crippen LogP contribution in [0.2, 0.25) is 0 Å². The van der Waals surface area contributed by atoms with Crippen LogP contribution in [-0.4, -0.2) is 16.1 Å². The van der Waals surface area contributed by atoms with Crippen LogP contribution in [0.15, 0.2) is 53.3 Å². The van der Waals surface area contributed by atoms with Crippen molar-refractivity contribution in [2.75, 3.05) is 5.32 Å². The van der Waals surface area contributed by atoms with Crippen molar-refractivity contribution in [3.63, 3.8) is 0 Å². The van der Waals surface area contributed by atoms with Gasteiger partial charge in [0.05, 0.1) is 17.6 Å². The first-order valence-electron chi connectivity index (χ1n) is 6.12. The van der Waals surface area contributed by atoms with Crippen LogP contribution in [0.5, 0.6) is 0 Å². The summed E-state index contributed by atoms with van der Waals surface area (Å²) in [6.45, 7) is 0.418. The average molecular weight is 268 g/mol. The number of furan rings is 1. The Labute approximate surface area is 114 Å². The van der Waals surface area contributed by atoms with Crippen LogP contribution < -0.4 is 5.32 Å². The van der Waals surface area contributed by atoms with Gasteiger partial charge in [0.2, 0.25) is 0 Å². The lowest BCUT2D eigenvalue weighted by Gasteiger charge is -2.07. The Morgan fingerprint density at radius 2 is 2.20 bits per heavy atom. The van der Waals surface area contributed by atoms with Crippen LogP contribution in [0.25, 0.3) is 10.9 Å². The Morgan fingerprint density at radius 3 is 3.00 bits per heavy atom. The van der Waals surface area contributed by atoms with Gasteiger partial charge in [-0.3, -0.25) is 4.98 Å². The predicted molar refractivity (Wildman–Crippen MR) is 74.7 cm³/mol. The van der Waals surface area contributed by atoms with Gasteiger partial charge in [0, 0.05) is 17.3 Å². The Bertz CT molecular complexity index is 759. The van der Waals surface area contributed by atoms with Crippen molar-refractivity contribution in [2.45, 2.75) is 6.54 Å². The van der Waals surface area contributed by atoms with E-state index in [9.17, 15) is 4.79 Å². The van der Waals surface area contributed by atoms with Crippen molar-refractivity contribution < 1.29 is 14.3 Å². The molecular weight excluding hydrogens is 256 g/mol. The fraction of sp³-hybridized carbons (Fsp3) is 0.0667. The van der Waals surface area contributed by atoms with Gasteiger partial charge < -0.3 is 14.8 Å². The molecule has 0 aliphatic heterocycles. The predicted octanol–water partition coefficient (Wildman–Crippen LogP) is 3.14. The zero-order valence-electron chi connectivity index (χ0n) is 10.5. The number of rotatable bonds is 4. The van der Waals surface area contributed by atoms with E-state index in [0.29, 0.717) is 12.3 Å². The highest BCUT2D eigenvalue weighted by Crippen LogP contribution is 2.22. The van der Waals surface area contributed by atoms with Crippen molar-refractivity contribution in [2.24, 2.45) is 0 Å². The van der Waals surface area contributed by atoms with Crippen LogP contribution in [-0.2, 0) is 6.54 Å². The molecule has 0 bridgehead atoms. The average Bonchev–Trinajstić information content (AvgIpc) is 2.94. The molecule has 0 amide bonds. The smallest absolute Gasteiger partial charge is 0.338 e. The summed E-state index contributed by atoms with van der Waals surface area (Å²) >= 11 is 0. The molecule has 0 saturated heterocycles. The molecule has 0 atom stereocenters. The molecule has 0 fully saturated rings. The molecule has 2 aromatic heterocycles. The lowest BCUT2D eigenvalue weighted by Crippen LogP contribution is -1.99. The largest absolute Gasteiger partial charge is 0.478 e. The van der Waals surface area contributed by atoms with Crippen LogP contribution >= 0.6 is 0 Å². The monoisotopic (exact) mass is 268 g/mol. The molecular formula is C15H12N2O3. The zero-order chi connectivity index (χ0) is 13.9. The topological polar surface area (TPSA) is 75.4 Å². The maximum absolute atomic E-state index is 10.8. The number of aromatic nitrogens is 1. The molecule has 0 saturated carbocycles. The van der Waals surface area contributed by atoms with E-state index in [4.69, 9.17) is 9.52 Å². The highest BCUT2D eigenvalue weighted by Gasteiger charge is 2.08.